The van der Waals surface area contributed by atoms with Crippen LogP contribution >= 0.6 is 0 Å². The molecule has 0 atom stereocenters. The van der Waals surface area contributed by atoms with Gasteiger partial charge in [-0.2, -0.15) is 0 Å². The van der Waals surface area contributed by atoms with Crippen molar-refractivity contribution in [1.82, 2.24) is 19.7 Å². The van der Waals surface area contributed by atoms with Crippen LogP contribution in [0, 0.1) is 12.7 Å². The van der Waals surface area contributed by atoms with Crippen LogP contribution in [0.5, 0.6) is 0 Å². The first kappa shape index (κ1) is 12.8. The number of fused-ring (bicyclic) bond motifs is 1. The van der Waals surface area contributed by atoms with Crippen LogP contribution in [0.4, 0.5) is 4.39 Å². The maximum atomic E-state index is 13.1. The van der Waals surface area contributed by atoms with Gasteiger partial charge in [-0.3, -0.25) is 4.79 Å². The fourth-order valence-electron chi connectivity index (χ4n) is 2.45. The second kappa shape index (κ2) is 5.03. The molecule has 0 bridgehead atoms. The van der Waals surface area contributed by atoms with Gasteiger partial charge in [0.25, 0.3) is 0 Å². The molecule has 0 spiro atoms. The van der Waals surface area contributed by atoms with Crippen LogP contribution in [-0.4, -0.2) is 32.1 Å². The lowest BCUT2D eigenvalue weighted by molar-refractivity contribution is -0.132. The van der Waals surface area contributed by atoms with Gasteiger partial charge in [-0.05, 0) is 24.6 Å². The highest BCUT2D eigenvalue weighted by atomic mass is 19.1. The van der Waals surface area contributed by atoms with Crippen molar-refractivity contribution in [3.63, 3.8) is 0 Å². The van der Waals surface area contributed by atoms with Crippen LogP contribution in [0.25, 0.3) is 0 Å². The van der Waals surface area contributed by atoms with Gasteiger partial charge in [-0.1, -0.05) is 12.1 Å². The molecule has 0 fully saturated rings. The van der Waals surface area contributed by atoms with E-state index in [2.05, 4.69) is 10.2 Å². The molecular weight excluding hydrogens is 259 g/mol. The Labute approximate surface area is 116 Å². The van der Waals surface area contributed by atoms with Crippen LogP contribution in [0.1, 0.15) is 17.2 Å². The molecule has 6 heteroatoms. The summed E-state index contributed by atoms with van der Waals surface area (Å²) in [4.78, 5) is 14.0. The summed E-state index contributed by atoms with van der Waals surface area (Å²) in [5, 5.41) is 8.08. The molecule has 2 aromatic rings. The van der Waals surface area contributed by atoms with E-state index in [4.69, 9.17) is 0 Å². The summed E-state index contributed by atoms with van der Waals surface area (Å²) in [5.41, 5.74) is 0.693. The monoisotopic (exact) mass is 274 g/mol. The van der Waals surface area contributed by atoms with Crippen LogP contribution in [-0.2, 0) is 24.3 Å². The van der Waals surface area contributed by atoms with E-state index in [9.17, 15) is 9.18 Å². The maximum absolute atomic E-state index is 13.1. The topological polar surface area (TPSA) is 51.0 Å². The van der Waals surface area contributed by atoms with Gasteiger partial charge in [0.15, 0.2) is 5.82 Å². The van der Waals surface area contributed by atoms with Gasteiger partial charge in [0.1, 0.15) is 11.6 Å². The third kappa shape index (κ3) is 2.41. The third-order valence-electron chi connectivity index (χ3n) is 3.54. The zero-order chi connectivity index (χ0) is 14.1. The minimum absolute atomic E-state index is 0.0116. The van der Waals surface area contributed by atoms with Crippen molar-refractivity contribution in [2.45, 2.75) is 26.4 Å². The highest BCUT2D eigenvalue weighted by molar-refractivity contribution is 5.78. The van der Waals surface area contributed by atoms with E-state index < -0.39 is 0 Å². The van der Waals surface area contributed by atoms with Crippen molar-refractivity contribution >= 4 is 5.91 Å². The van der Waals surface area contributed by atoms with Crippen LogP contribution in [0.2, 0.25) is 0 Å². The highest BCUT2D eigenvalue weighted by Crippen LogP contribution is 2.14. The molecule has 1 amide bonds. The molecule has 3 rings (SSSR count). The fourth-order valence-corrected chi connectivity index (χ4v) is 2.45. The zero-order valence-electron chi connectivity index (χ0n) is 11.2. The lowest BCUT2D eigenvalue weighted by atomic mass is 10.1. The number of benzene rings is 1. The Morgan fingerprint density at radius 3 is 3.00 bits per heavy atom. The predicted molar refractivity (Wildman–Crippen MR) is 70.3 cm³/mol. The standard InChI is InChI=1S/C14H15FN4O/c1-10-16-17-13-9-18(5-6-19(10)13)14(20)8-11-3-2-4-12(15)7-11/h2-4,7H,5-6,8-9H2,1H3. The van der Waals surface area contributed by atoms with E-state index in [1.54, 1.807) is 17.0 Å². The summed E-state index contributed by atoms with van der Waals surface area (Å²) in [6.07, 6.45) is 0.213. The molecule has 1 aliphatic heterocycles. The molecule has 0 unspecified atom stereocenters. The second-order valence-electron chi connectivity index (χ2n) is 4.94. The Hall–Kier alpha value is -2.24. The first-order valence-electron chi connectivity index (χ1n) is 6.54. The van der Waals surface area contributed by atoms with Gasteiger partial charge in [-0.15, -0.1) is 10.2 Å². The number of hydrogen-bond acceptors (Lipinski definition) is 3. The summed E-state index contributed by atoms with van der Waals surface area (Å²) in [5.74, 6) is 1.35. The van der Waals surface area contributed by atoms with E-state index in [1.807, 2.05) is 11.5 Å². The molecule has 2 heterocycles. The lowest BCUT2D eigenvalue weighted by Gasteiger charge is -2.27. The van der Waals surface area contributed by atoms with E-state index in [1.165, 1.54) is 12.1 Å². The second-order valence-corrected chi connectivity index (χ2v) is 4.94. The minimum Gasteiger partial charge on any atom is -0.333 e. The van der Waals surface area contributed by atoms with E-state index in [0.29, 0.717) is 25.2 Å². The third-order valence-corrected chi connectivity index (χ3v) is 3.54. The molecule has 104 valence electrons. The van der Waals surface area contributed by atoms with Gasteiger partial charge in [-0.25, -0.2) is 4.39 Å². The number of carbonyl (C=O) groups is 1. The Bertz CT molecular complexity index is 652. The number of amides is 1. The van der Waals surface area contributed by atoms with E-state index in [0.717, 1.165) is 11.6 Å². The van der Waals surface area contributed by atoms with Crippen molar-refractivity contribution in [2.75, 3.05) is 6.54 Å². The first-order chi connectivity index (χ1) is 9.63. The lowest BCUT2D eigenvalue weighted by Crippen LogP contribution is -2.39. The van der Waals surface area contributed by atoms with Crippen molar-refractivity contribution in [2.24, 2.45) is 0 Å². The Morgan fingerprint density at radius 1 is 1.35 bits per heavy atom. The zero-order valence-corrected chi connectivity index (χ0v) is 11.2. The molecule has 0 saturated carbocycles. The normalized spacial score (nSPS) is 14.2. The summed E-state index contributed by atoms with van der Waals surface area (Å²) < 4.78 is 15.1. The first-order valence-corrected chi connectivity index (χ1v) is 6.54. The van der Waals surface area contributed by atoms with E-state index in [-0.39, 0.29) is 18.1 Å². The summed E-state index contributed by atoms with van der Waals surface area (Å²) in [6, 6.07) is 6.15. The van der Waals surface area contributed by atoms with Gasteiger partial charge in [0.05, 0.1) is 13.0 Å². The largest absolute Gasteiger partial charge is 0.333 e. The summed E-state index contributed by atoms with van der Waals surface area (Å²) >= 11 is 0. The van der Waals surface area contributed by atoms with Crippen LogP contribution in [0.3, 0.4) is 0 Å². The Kier molecular flexibility index (Phi) is 3.22. The quantitative estimate of drug-likeness (QED) is 0.829. The van der Waals surface area contributed by atoms with Crippen molar-refractivity contribution in [3.05, 3.63) is 47.3 Å². The van der Waals surface area contributed by atoms with Crippen molar-refractivity contribution in [3.8, 4) is 0 Å². The maximum Gasteiger partial charge on any atom is 0.227 e. The molecule has 5 nitrogen and oxygen atoms in total. The Morgan fingerprint density at radius 2 is 2.20 bits per heavy atom. The molecule has 0 aliphatic carbocycles. The number of carbonyl (C=O) groups excluding carboxylic acids is 1. The van der Waals surface area contributed by atoms with Crippen LogP contribution < -0.4 is 0 Å². The van der Waals surface area contributed by atoms with Gasteiger partial charge < -0.3 is 9.47 Å². The highest BCUT2D eigenvalue weighted by Gasteiger charge is 2.23. The van der Waals surface area contributed by atoms with Crippen molar-refractivity contribution in [1.29, 1.82) is 0 Å². The summed E-state index contributed by atoms with van der Waals surface area (Å²) in [7, 11) is 0. The smallest absolute Gasteiger partial charge is 0.227 e. The van der Waals surface area contributed by atoms with E-state index >= 15 is 0 Å². The molecule has 1 aromatic carbocycles. The molecule has 0 radical (unpaired) electrons. The molecular formula is C14H15FN4O. The SMILES string of the molecule is Cc1nnc2n1CCN(C(=O)Cc1cccc(F)c1)C2. The average Bonchev–Trinajstić information content (AvgIpc) is 2.80. The molecule has 1 aromatic heterocycles. The molecule has 0 saturated heterocycles. The predicted octanol–water partition coefficient (Wildman–Crippen LogP) is 1.31. The number of aryl methyl sites for hydroxylation is 1. The van der Waals surface area contributed by atoms with Crippen LogP contribution in [0.15, 0.2) is 24.3 Å². The fraction of sp³-hybridized carbons (Fsp3) is 0.357. The van der Waals surface area contributed by atoms with Gasteiger partial charge >= 0.3 is 0 Å². The minimum atomic E-state index is -0.315. The summed E-state index contributed by atoms with van der Waals surface area (Å²) in [6.45, 7) is 3.72. The number of hydrogen-bond donors (Lipinski definition) is 0. The average molecular weight is 274 g/mol. The molecule has 20 heavy (non-hydrogen) atoms. The number of aromatic nitrogens is 3. The number of halogens is 1. The number of rotatable bonds is 2. The Balaban J connectivity index is 1.70. The molecule has 1 aliphatic rings. The van der Waals surface area contributed by atoms with Gasteiger partial charge in [0, 0.05) is 13.1 Å². The van der Waals surface area contributed by atoms with Crippen molar-refractivity contribution < 1.29 is 9.18 Å². The number of nitrogens with zero attached hydrogens (tertiary/aromatic N) is 4. The molecule has 0 N–H and O–H groups in total. The van der Waals surface area contributed by atoms with Gasteiger partial charge in [0.2, 0.25) is 5.91 Å².